The summed E-state index contributed by atoms with van der Waals surface area (Å²) in [6.07, 6.45) is 1.96. The van der Waals surface area contributed by atoms with E-state index in [1.54, 1.807) is 7.11 Å². The van der Waals surface area contributed by atoms with Gasteiger partial charge in [-0.1, -0.05) is 30.3 Å². The largest absolute Gasteiger partial charge is 0.380 e. The molecule has 26 heavy (non-hydrogen) atoms. The van der Waals surface area contributed by atoms with E-state index in [0.717, 1.165) is 35.1 Å². The summed E-state index contributed by atoms with van der Waals surface area (Å²) >= 11 is 0. The Bertz CT molecular complexity index is 856. The predicted molar refractivity (Wildman–Crippen MR) is 102 cm³/mol. The van der Waals surface area contributed by atoms with Crippen LogP contribution in [0.25, 0.3) is 5.65 Å². The molecular formula is C19H24N6O. The highest BCUT2D eigenvalue weighted by Gasteiger charge is 2.05. The number of nitrogens with zero attached hydrogens (tertiary/aromatic N) is 4. The van der Waals surface area contributed by atoms with Crippen LogP contribution in [0.4, 0.5) is 0 Å². The third kappa shape index (κ3) is 4.58. The molecule has 0 radical (unpaired) electrons. The topological polar surface area (TPSA) is 75.8 Å². The standard InChI is InChI=1S/C19H24N6O/c1-3-20-19(21-12-15-7-9-16(10-8-15)14-26-2)22-13-18-24-23-17-6-4-5-11-25(17)18/h4-11H,3,12-14H2,1-2H3,(H2,20,21,22). The highest BCUT2D eigenvalue weighted by Crippen LogP contribution is 2.07. The van der Waals surface area contributed by atoms with E-state index in [0.29, 0.717) is 19.7 Å². The van der Waals surface area contributed by atoms with E-state index in [9.17, 15) is 0 Å². The SMILES string of the molecule is CCNC(=NCc1ccc(COC)cc1)NCc1nnc2ccccn12. The van der Waals surface area contributed by atoms with Crippen molar-refractivity contribution >= 4 is 11.6 Å². The monoisotopic (exact) mass is 352 g/mol. The number of pyridine rings is 1. The van der Waals surface area contributed by atoms with Gasteiger partial charge in [0.05, 0.1) is 19.7 Å². The third-order valence-corrected chi connectivity index (χ3v) is 3.90. The molecule has 2 heterocycles. The van der Waals surface area contributed by atoms with Gasteiger partial charge in [0.2, 0.25) is 0 Å². The summed E-state index contributed by atoms with van der Waals surface area (Å²) in [7, 11) is 1.70. The summed E-state index contributed by atoms with van der Waals surface area (Å²) < 4.78 is 7.10. The van der Waals surface area contributed by atoms with Crippen LogP contribution in [0.5, 0.6) is 0 Å². The van der Waals surface area contributed by atoms with Crippen molar-refractivity contribution in [2.75, 3.05) is 13.7 Å². The van der Waals surface area contributed by atoms with Crippen molar-refractivity contribution in [3.8, 4) is 0 Å². The smallest absolute Gasteiger partial charge is 0.191 e. The molecule has 136 valence electrons. The van der Waals surface area contributed by atoms with Gasteiger partial charge in [0.1, 0.15) is 0 Å². The summed E-state index contributed by atoms with van der Waals surface area (Å²) in [6, 6.07) is 14.1. The van der Waals surface area contributed by atoms with Crippen molar-refractivity contribution in [2.24, 2.45) is 4.99 Å². The lowest BCUT2D eigenvalue weighted by Crippen LogP contribution is -2.37. The average Bonchev–Trinajstić information content (AvgIpc) is 3.09. The normalized spacial score (nSPS) is 11.7. The Balaban J connectivity index is 1.63. The molecule has 0 unspecified atom stereocenters. The minimum absolute atomic E-state index is 0.545. The molecule has 0 aliphatic carbocycles. The fourth-order valence-corrected chi connectivity index (χ4v) is 2.59. The van der Waals surface area contributed by atoms with Crippen molar-refractivity contribution in [3.05, 3.63) is 65.6 Å². The summed E-state index contributed by atoms with van der Waals surface area (Å²) in [5.74, 6) is 1.59. The lowest BCUT2D eigenvalue weighted by Gasteiger charge is -2.10. The summed E-state index contributed by atoms with van der Waals surface area (Å²) in [6.45, 7) is 4.61. The van der Waals surface area contributed by atoms with Gasteiger partial charge in [0.25, 0.3) is 0 Å². The quantitative estimate of drug-likeness (QED) is 0.503. The van der Waals surface area contributed by atoms with Crippen molar-refractivity contribution < 1.29 is 4.74 Å². The Kier molecular flexibility index (Phi) is 6.16. The van der Waals surface area contributed by atoms with Gasteiger partial charge in [-0.25, -0.2) is 4.99 Å². The molecule has 7 heteroatoms. The van der Waals surface area contributed by atoms with Crippen LogP contribution < -0.4 is 10.6 Å². The number of methoxy groups -OCH3 is 1. The molecule has 0 fully saturated rings. The zero-order valence-corrected chi connectivity index (χ0v) is 15.1. The van der Waals surface area contributed by atoms with Crippen molar-refractivity contribution in [1.29, 1.82) is 0 Å². The van der Waals surface area contributed by atoms with E-state index in [1.165, 1.54) is 0 Å². The molecule has 0 bridgehead atoms. The van der Waals surface area contributed by atoms with Crippen LogP contribution in [0.15, 0.2) is 53.7 Å². The zero-order chi connectivity index (χ0) is 18.2. The molecule has 0 aliphatic heterocycles. The molecule has 0 saturated carbocycles. The summed E-state index contributed by atoms with van der Waals surface area (Å²) in [5, 5.41) is 15.0. The lowest BCUT2D eigenvalue weighted by atomic mass is 10.1. The predicted octanol–water partition coefficient (Wildman–Crippen LogP) is 2.13. The molecule has 0 saturated heterocycles. The van der Waals surface area contributed by atoms with Gasteiger partial charge in [-0.05, 0) is 30.2 Å². The van der Waals surface area contributed by atoms with Gasteiger partial charge >= 0.3 is 0 Å². The zero-order valence-electron chi connectivity index (χ0n) is 15.1. The lowest BCUT2D eigenvalue weighted by molar-refractivity contribution is 0.185. The van der Waals surface area contributed by atoms with Crippen LogP contribution in [-0.2, 0) is 24.4 Å². The van der Waals surface area contributed by atoms with E-state index < -0.39 is 0 Å². The average molecular weight is 352 g/mol. The number of fused-ring (bicyclic) bond motifs is 1. The molecule has 2 aromatic heterocycles. The number of aromatic nitrogens is 3. The van der Waals surface area contributed by atoms with E-state index in [-0.39, 0.29) is 0 Å². The third-order valence-electron chi connectivity index (χ3n) is 3.90. The van der Waals surface area contributed by atoms with Gasteiger partial charge in [-0.15, -0.1) is 10.2 Å². The Morgan fingerprint density at radius 3 is 2.65 bits per heavy atom. The molecular weight excluding hydrogens is 328 g/mol. The van der Waals surface area contributed by atoms with E-state index >= 15 is 0 Å². The Morgan fingerprint density at radius 2 is 1.88 bits per heavy atom. The Morgan fingerprint density at radius 1 is 1.08 bits per heavy atom. The number of benzene rings is 1. The molecule has 0 spiro atoms. The highest BCUT2D eigenvalue weighted by atomic mass is 16.5. The second-order valence-electron chi connectivity index (χ2n) is 5.84. The first-order chi connectivity index (χ1) is 12.8. The molecule has 2 N–H and O–H groups in total. The van der Waals surface area contributed by atoms with Gasteiger partial charge in [-0.3, -0.25) is 4.40 Å². The van der Waals surface area contributed by atoms with E-state index in [1.807, 2.05) is 35.7 Å². The van der Waals surface area contributed by atoms with Crippen LogP contribution in [0.1, 0.15) is 23.9 Å². The van der Waals surface area contributed by atoms with Crippen LogP contribution in [0.3, 0.4) is 0 Å². The summed E-state index contributed by atoms with van der Waals surface area (Å²) in [4.78, 5) is 4.64. The molecule has 7 nitrogen and oxygen atoms in total. The maximum atomic E-state index is 5.14. The first-order valence-electron chi connectivity index (χ1n) is 8.67. The molecule has 3 aromatic rings. The second kappa shape index (κ2) is 8.96. The van der Waals surface area contributed by atoms with Crippen molar-refractivity contribution in [2.45, 2.75) is 26.6 Å². The van der Waals surface area contributed by atoms with Gasteiger partial charge in [0.15, 0.2) is 17.4 Å². The minimum atomic E-state index is 0.545. The van der Waals surface area contributed by atoms with E-state index in [2.05, 4.69) is 50.1 Å². The number of hydrogen-bond acceptors (Lipinski definition) is 4. The van der Waals surface area contributed by atoms with Gasteiger partial charge in [0, 0.05) is 19.9 Å². The second-order valence-corrected chi connectivity index (χ2v) is 5.84. The Hall–Kier alpha value is -2.93. The number of rotatable bonds is 7. The summed E-state index contributed by atoms with van der Waals surface area (Å²) in [5.41, 5.74) is 3.14. The van der Waals surface area contributed by atoms with Crippen molar-refractivity contribution in [3.63, 3.8) is 0 Å². The maximum absolute atomic E-state index is 5.14. The minimum Gasteiger partial charge on any atom is -0.380 e. The van der Waals surface area contributed by atoms with Gasteiger partial charge < -0.3 is 15.4 Å². The molecule has 0 aliphatic rings. The Labute approximate surface area is 153 Å². The maximum Gasteiger partial charge on any atom is 0.191 e. The number of ether oxygens (including phenoxy) is 1. The van der Waals surface area contributed by atoms with Crippen LogP contribution >= 0.6 is 0 Å². The number of hydrogen-bond donors (Lipinski definition) is 2. The van der Waals surface area contributed by atoms with Crippen LogP contribution in [0.2, 0.25) is 0 Å². The number of guanidine groups is 1. The fourth-order valence-electron chi connectivity index (χ4n) is 2.59. The molecule has 3 rings (SSSR count). The molecule has 1 aromatic carbocycles. The van der Waals surface area contributed by atoms with Crippen LogP contribution in [-0.4, -0.2) is 34.2 Å². The first kappa shape index (κ1) is 17.9. The molecule has 0 atom stereocenters. The first-order valence-corrected chi connectivity index (χ1v) is 8.67. The fraction of sp³-hybridized carbons (Fsp3) is 0.316. The number of nitrogens with one attached hydrogen (secondary N) is 2. The van der Waals surface area contributed by atoms with Crippen LogP contribution in [0, 0.1) is 0 Å². The molecule has 0 amide bonds. The highest BCUT2D eigenvalue weighted by molar-refractivity contribution is 5.79. The van der Waals surface area contributed by atoms with E-state index in [4.69, 9.17) is 4.74 Å². The van der Waals surface area contributed by atoms with Gasteiger partial charge in [-0.2, -0.15) is 0 Å². The number of aliphatic imine (C=N–C) groups is 1. The van der Waals surface area contributed by atoms with Crippen molar-refractivity contribution in [1.82, 2.24) is 25.2 Å².